The van der Waals surface area contributed by atoms with Crippen LogP contribution in [0.3, 0.4) is 0 Å². The molecule has 7 heteroatoms. The molecule has 4 rings (SSSR count). The molecule has 7 nitrogen and oxygen atoms in total. The highest BCUT2D eigenvalue weighted by Gasteiger charge is 2.24. The number of piperazine rings is 1. The van der Waals surface area contributed by atoms with Crippen LogP contribution in [0.2, 0.25) is 0 Å². The fraction of sp³-hybridized carbons (Fsp3) is 0.364. The largest absolute Gasteiger partial charge is 0.479 e. The van der Waals surface area contributed by atoms with E-state index in [1.165, 1.54) is 0 Å². The lowest BCUT2D eigenvalue weighted by Gasteiger charge is -2.36. The number of aromatic carboxylic acids is 1. The zero-order valence-corrected chi connectivity index (χ0v) is 16.6. The Balaban J connectivity index is 1.37. The summed E-state index contributed by atoms with van der Waals surface area (Å²) in [5, 5.41) is 12.1. The number of hydrogen-bond acceptors (Lipinski definition) is 5. The number of rotatable bonds is 4. The average molecular weight is 395 g/mol. The number of carbonyl (C=O) groups is 2. The third-order valence-corrected chi connectivity index (χ3v) is 5.56. The fourth-order valence-corrected chi connectivity index (χ4v) is 3.86. The number of amides is 1. The first-order valence-electron chi connectivity index (χ1n) is 9.82. The van der Waals surface area contributed by atoms with Crippen molar-refractivity contribution in [3.63, 3.8) is 0 Å². The average Bonchev–Trinajstić information content (AvgIpc) is 2.69. The second kappa shape index (κ2) is 7.75. The summed E-state index contributed by atoms with van der Waals surface area (Å²) < 4.78 is 5.62. The van der Waals surface area contributed by atoms with Gasteiger partial charge in [-0.25, -0.2) is 4.79 Å². The minimum absolute atomic E-state index is 0.118. The number of anilines is 2. The first-order valence-corrected chi connectivity index (χ1v) is 9.82. The van der Waals surface area contributed by atoms with E-state index in [1.54, 1.807) is 13.0 Å². The van der Waals surface area contributed by atoms with Gasteiger partial charge in [0.1, 0.15) is 5.75 Å². The van der Waals surface area contributed by atoms with E-state index >= 15 is 0 Å². The highest BCUT2D eigenvalue weighted by molar-refractivity contribution is 5.97. The van der Waals surface area contributed by atoms with Gasteiger partial charge < -0.3 is 20.1 Å². The number of carbonyl (C=O) groups excluding carboxylic acids is 1. The highest BCUT2D eigenvalue weighted by atomic mass is 16.5. The van der Waals surface area contributed by atoms with Gasteiger partial charge in [0.25, 0.3) is 5.91 Å². The van der Waals surface area contributed by atoms with Crippen molar-refractivity contribution in [2.45, 2.75) is 26.5 Å². The number of aryl methyl sites for hydroxylation is 1. The number of carboxylic acid groups (broad SMARTS) is 1. The molecule has 0 radical (unpaired) electrons. The summed E-state index contributed by atoms with van der Waals surface area (Å²) in [6.07, 6.45) is -0.463. The number of hydrogen-bond donors (Lipinski definition) is 2. The lowest BCUT2D eigenvalue weighted by atomic mass is 10.1. The monoisotopic (exact) mass is 395 g/mol. The molecule has 152 valence electrons. The summed E-state index contributed by atoms with van der Waals surface area (Å²) in [5.74, 6) is -0.293. The molecular formula is C22H25N3O4. The van der Waals surface area contributed by atoms with Gasteiger partial charge in [0.2, 0.25) is 0 Å². The molecule has 1 saturated heterocycles. The van der Waals surface area contributed by atoms with Crippen molar-refractivity contribution in [3.8, 4) is 5.75 Å². The highest BCUT2D eigenvalue weighted by Crippen LogP contribution is 2.31. The Morgan fingerprint density at radius 1 is 1.17 bits per heavy atom. The molecule has 2 heterocycles. The van der Waals surface area contributed by atoms with Crippen LogP contribution >= 0.6 is 0 Å². The van der Waals surface area contributed by atoms with Crippen molar-refractivity contribution in [3.05, 3.63) is 53.1 Å². The maximum atomic E-state index is 11.8. The predicted octanol–water partition coefficient (Wildman–Crippen LogP) is 2.73. The zero-order chi connectivity index (χ0) is 20.5. The van der Waals surface area contributed by atoms with Gasteiger partial charge in [0, 0.05) is 38.4 Å². The number of nitrogens with one attached hydrogen (secondary N) is 1. The van der Waals surface area contributed by atoms with Crippen molar-refractivity contribution >= 4 is 23.3 Å². The zero-order valence-electron chi connectivity index (χ0n) is 16.6. The Morgan fingerprint density at radius 2 is 1.93 bits per heavy atom. The molecule has 2 aliphatic heterocycles. The van der Waals surface area contributed by atoms with Gasteiger partial charge in [0.15, 0.2) is 6.10 Å². The third-order valence-electron chi connectivity index (χ3n) is 5.56. The van der Waals surface area contributed by atoms with Crippen LogP contribution in [0.15, 0.2) is 36.4 Å². The van der Waals surface area contributed by atoms with Gasteiger partial charge in [0.05, 0.1) is 11.3 Å². The summed E-state index contributed by atoms with van der Waals surface area (Å²) >= 11 is 0. The van der Waals surface area contributed by atoms with E-state index in [0.29, 0.717) is 11.3 Å². The molecule has 0 aromatic heterocycles. The molecule has 2 aromatic carbocycles. The second-order valence-corrected chi connectivity index (χ2v) is 7.65. The molecule has 0 saturated carbocycles. The first kappa shape index (κ1) is 19.3. The summed E-state index contributed by atoms with van der Waals surface area (Å²) in [4.78, 5) is 27.7. The minimum atomic E-state index is -0.889. The predicted molar refractivity (Wildman–Crippen MR) is 111 cm³/mol. The minimum Gasteiger partial charge on any atom is -0.479 e. The van der Waals surface area contributed by atoms with Crippen LogP contribution < -0.4 is 15.0 Å². The van der Waals surface area contributed by atoms with Gasteiger partial charge in [-0.15, -0.1) is 0 Å². The van der Waals surface area contributed by atoms with Gasteiger partial charge in [-0.05, 0) is 55.3 Å². The van der Waals surface area contributed by atoms with Crippen LogP contribution in [0.5, 0.6) is 5.75 Å². The molecule has 2 aromatic rings. The molecule has 1 amide bonds. The second-order valence-electron chi connectivity index (χ2n) is 7.65. The van der Waals surface area contributed by atoms with E-state index in [1.807, 2.05) is 37.3 Å². The Morgan fingerprint density at radius 3 is 2.62 bits per heavy atom. The van der Waals surface area contributed by atoms with Gasteiger partial charge in [-0.1, -0.05) is 6.07 Å². The summed E-state index contributed by atoms with van der Waals surface area (Å²) in [7, 11) is 0. The van der Waals surface area contributed by atoms with Crippen LogP contribution in [-0.2, 0) is 11.3 Å². The standard InChI is InChI=1S/C22H25N3O4/c1-14-11-17(4-5-18(14)22(27)28)25-9-7-24(8-10-25)13-16-3-6-20-19(12-16)23-21(26)15(2)29-20/h3-6,11-12,15H,7-10,13H2,1-2H3,(H,23,26)(H,27,28). The van der Waals surface area contributed by atoms with Crippen molar-refractivity contribution in [1.82, 2.24) is 4.90 Å². The topological polar surface area (TPSA) is 82.1 Å². The molecule has 2 N–H and O–H groups in total. The van der Waals surface area contributed by atoms with E-state index < -0.39 is 12.1 Å². The Labute approximate surface area is 169 Å². The smallest absolute Gasteiger partial charge is 0.335 e. The molecule has 1 unspecified atom stereocenters. The maximum Gasteiger partial charge on any atom is 0.335 e. The van der Waals surface area contributed by atoms with Crippen LogP contribution in [0.4, 0.5) is 11.4 Å². The molecule has 0 bridgehead atoms. The Bertz CT molecular complexity index is 951. The lowest BCUT2D eigenvalue weighted by Crippen LogP contribution is -2.46. The fourth-order valence-electron chi connectivity index (χ4n) is 3.86. The van der Waals surface area contributed by atoms with E-state index in [9.17, 15) is 14.7 Å². The molecule has 2 aliphatic rings. The summed E-state index contributed by atoms with van der Waals surface area (Å²) in [6.45, 7) is 7.98. The van der Waals surface area contributed by atoms with E-state index in [0.717, 1.165) is 55.2 Å². The SMILES string of the molecule is Cc1cc(N2CCN(Cc3ccc4c(c3)NC(=O)C(C)O4)CC2)ccc1C(=O)O. The number of nitrogens with zero attached hydrogens (tertiary/aromatic N) is 2. The lowest BCUT2D eigenvalue weighted by molar-refractivity contribution is -0.122. The van der Waals surface area contributed by atoms with Crippen LogP contribution in [-0.4, -0.2) is 54.2 Å². The molecule has 29 heavy (non-hydrogen) atoms. The van der Waals surface area contributed by atoms with Crippen LogP contribution in [0, 0.1) is 6.92 Å². The van der Waals surface area contributed by atoms with Gasteiger partial charge in [-0.2, -0.15) is 0 Å². The number of carboxylic acids is 1. The van der Waals surface area contributed by atoms with Gasteiger partial charge in [-0.3, -0.25) is 9.69 Å². The van der Waals surface area contributed by atoms with Crippen molar-refractivity contribution in [1.29, 1.82) is 0 Å². The number of benzene rings is 2. The molecule has 1 fully saturated rings. The normalized spacial score (nSPS) is 19.3. The van der Waals surface area contributed by atoms with E-state index in [-0.39, 0.29) is 5.91 Å². The summed E-state index contributed by atoms with van der Waals surface area (Å²) in [6, 6.07) is 11.5. The van der Waals surface area contributed by atoms with E-state index in [2.05, 4.69) is 15.1 Å². The van der Waals surface area contributed by atoms with Crippen molar-refractivity contribution in [2.24, 2.45) is 0 Å². The van der Waals surface area contributed by atoms with E-state index in [4.69, 9.17) is 4.74 Å². The first-order chi connectivity index (χ1) is 13.9. The molecular weight excluding hydrogens is 370 g/mol. The quantitative estimate of drug-likeness (QED) is 0.829. The van der Waals surface area contributed by atoms with Crippen molar-refractivity contribution in [2.75, 3.05) is 36.4 Å². The number of fused-ring (bicyclic) bond motifs is 1. The molecule has 0 spiro atoms. The Hall–Kier alpha value is -3.06. The van der Waals surface area contributed by atoms with Crippen molar-refractivity contribution < 1.29 is 19.4 Å². The summed E-state index contributed by atoms with van der Waals surface area (Å²) in [5.41, 5.74) is 4.07. The Kier molecular flexibility index (Phi) is 5.15. The maximum absolute atomic E-state index is 11.8. The molecule has 0 aliphatic carbocycles. The number of ether oxygens (including phenoxy) is 1. The third kappa shape index (κ3) is 4.05. The van der Waals surface area contributed by atoms with Crippen LogP contribution in [0.1, 0.15) is 28.4 Å². The van der Waals surface area contributed by atoms with Gasteiger partial charge >= 0.3 is 5.97 Å². The van der Waals surface area contributed by atoms with Crippen LogP contribution in [0.25, 0.3) is 0 Å². The molecule has 1 atom stereocenters.